The van der Waals surface area contributed by atoms with Crippen molar-refractivity contribution in [1.29, 1.82) is 0 Å². The maximum atomic E-state index is 13.2. The lowest BCUT2D eigenvalue weighted by molar-refractivity contribution is 0.414. The molecule has 0 spiro atoms. The summed E-state index contributed by atoms with van der Waals surface area (Å²) in [5.41, 5.74) is 2.43. The monoisotopic (exact) mass is 474 g/mol. The van der Waals surface area contributed by atoms with Gasteiger partial charge in [0.2, 0.25) is 5.95 Å². The molecular formula is C26H30N6O3. The van der Waals surface area contributed by atoms with E-state index in [-0.39, 0.29) is 17.3 Å². The van der Waals surface area contributed by atoms with Gasteiger partial charge in [-0.25, -0.2) is 4.79 Å². The lowest BCUT2D eigenvalue weighted by Crippen LogP contribution is -2.52. The molecule has 1 atom stereocenters. The van der Waals surface area contributed by atoms with Crippen LogP contribution in [0.15, 0.2) is 64.2 Å². The molecule has 2 aromatic carbocycles. The van der Waals surface area contributed by atoms with Crippen molar-refractivity contribution in [3.8, 4) is 5.75 Å². The van der Waals surface area contributed by atoms with E-state index in [1.807, 2.05) is 47.0 Å². The third-order valence-electron chi connectivity index (χ3n) is 6.69. The molecule has 3 heterocycles. The van der Waals surface area contributed by atoms with E-state index >= 15 is 0 Å². The molecule has 9 heteroatoms. The second kappa shape index (κ2) is 9.42. The minimum Gasteiger partial charge on any atom is -0.497 e. The Hall–Kier alpha value is -3.85. The molecule has 4 aromatic rings. The van der Waals surface area contributed by atoms with Crippen molar-refractivity contribution in [3.05, 3.63) is 86.6 Å². The van der Waals surface area contributed by atoms with E-state index in [1.54, 1.807) is 14.2 Å². The summed E-state index contributed by atoms with van der Waals surface area (Å²) < 4.78 is 9.84. The SMILES string of the molecule is COc1ccc(CC2CN(c3nc4c(c(=O)n(C)c(=O)n4C)n3Cc3ccccc3)CCN2)cc1. The second-order valence-electron chi connectivity index (χ2n) is 9.01. The number of fused-ring (bicyclic) bond motifs is 1. The first-order valence-corrected chi connectivity index (χ1v) is 11.8. The van der Waals surface area contributed by atoms with Crippen LogP contribution in [0.5, 0.6) is 5.75 Å². The number of aromatic nitrogens is 4. The number of anilines is 1. The fourth-order valence-corrected chi connectivity index (χ4v) is 4.78. The summed E-state index contributed by atoms with van der Waals surface area (Å²) >= 11 is 0. The minimum atomic E-state index is -0.379. The van der Waals surface area contributed by atoms with Crippen LogP contribution in [0.3, 0.4) is 0 Å². The topological polar surface area (TPSA) is 86.3 Å². The first-order valence-electron chi connectivity index (χ1n) is 11.8. The van der Waals surface area contributed by atoms with Gasteiger partial charge in [0, 0.05) is 39.8 Å². The quantitative estimate of drug-likeness (QED) is 0.456. The van der Waals surface area contributed by atoms with Crippen LogP contribution in [-0.4, -0.2) is 51.5 Å². The zero-order chi connectivity index (χ0) is 24.5. The minimum absolute atomic E-state index is 0.216. The standard InChI is InChI=1S/C26H30N6O3/c1-29-23-22(24(33)30(2)26(29)34)32(16-19-7-5-4-6-8-19)25(28-23)31-14-13-27-20(17-31)15-18-9-11-21(35-3)12-10-18/h4-12,20,27H,13-17H2,1-3H3. The van der Waals surface area contributed by atoms with Crippen molar-refractivity contribution < 1.29 is 4.74 Å². The lowest BCUT2D eigenvalue weighted by Gasteiger charge is -2.34. The molecule has 1 fully saturated rings. The van der Waals surface area contributed by atoms with Gasteiger partial charge < -0.3 is 15.0 Å². The van der Waals surface area contributed by atoms with Gasteiger partial charge in [0.05, 0.1) is 13.7 Å². The highest BCUT2D eigenvalue weighted by molar-refractivity contribution is 5.75. The molecule has 35 heavy (non-hydrogen) atoms. The van der Waals surface area contributed by atoms with Crippen LogP contribution in [0, 0.1) is 0 Å². The number of benzene rings is 2. The number of nitrogens with zero attached hydrogens (tertiary/aromatic N) is 5. The largest absolute Gasteiger partial charge is 0.497 e. The summed E-state index contributed by atoms with van der Waals surface area (Å²) in [4.78, 5) is 32.9. The van der Waals surface area contributed by atoms with Crippen LogP contribution < -0.4 is 26.2 Å². The Kier molecular flexibility index (Phi) is 6.17. The number of hydrogen-bond acceptors (Lipinski definition) is 6. The Labute approximate surface area is 203 Å². The molecule has 0 amide bonds. The van der Waals surface area contributed by atoms with Gasteiger partial charge in [-0.1, -0.05) is 42.5 Å². The Bertz CT molecular complexity index is 1450. The normalized spacial score (nSPS) is 16.1. The first kappa shape index (κ1) is 22.9. The van der Waals surface area contributed by atoms with E-state index in [9.17, 15) is 9.59 Å². The molecule has 5 rings (SSSR count). The number of ether oxygens (including phenoxy) is 1. The summed E-state index contributed by atoms with van der Waals surface area (Å²) in [6.07, 6.45) is 0.861. The smallest absolute Gasteiger partial charge is 0.332 e. The average molecular weight is 475 g/mol. The van der Waals surface area contributed by atoms with Crippen molar-refractivity contribution in [2.24, 2.45) is 14.1 Å². The number of rotatable bonds is 6. The van der Waals surface area contributed by atoms with E-state index < -0.39 is 0 Å². The van der Waals surface area contributed by atoms with Crippen molar-refractivity contribution in [2.45, 2.75) is 19.0 Å². The maximum absolute atomic E-state index is 13.2. The third kappa shape index (κ3) is 4.35. The summed E-state index contributed by atoms with van der Waals surface area (Å²) in [5, 5.41) is 3.61. The van der Waals surface area contributed by atoms with Gasteiger partial charge in [-0.15, -0.1) is 0 Å². The van der Waals surface area contributed by atoms with Gasteiger partial charge in [-0.3, -0.25) is 18.5 Å². The molecule has 1 aliphatic rings. The highest BCUT2D eigenvalue weighted by Crippen LogP contribution is 2.23. The van der Waals surface area contributed by atoms with Crippen molar-refractivity contribution in [2.75, 3.05) is 31.6 Å². The molecule has 1 saturated heterocycles. The number of nitrogens with one attached hydrogen (secondary N) is 1. The molecule has 0 saturated carbocycles. The van der Waals surface area contributed by atoms with E-state index in [0.29, 0.717) is 23.7 Å². The number of imidazole rings is 1. The van der Waals surface area contributed by atoms with Gasteiger partial charge in [0.1, 0.15) is 5.75 Å². The number of hydrogen-bond donors (Lipinski definition) is 1. The summed E-state index contributed by atoms with van der Waals surface area (Å²) in [6.45, 7) is 2.78. The molecule has 182 valence electrons. The molecule has 0 radical (unpaired) electrons. The summed E-state index contributed by atoms with van der Waals surface area (Å²) in [5.74, 6) is 1.55. The number of piperazine rings is 1. The third-order valence-corrected chi connectivity index (χ3v) is 6.69. The zero-order valence-corrected chi connectivity index (χ0v) is 20.3. The number of methoxy groups -OCH3 is 1. The molecule has 0 bridgehead atoms. The van der Waals surface area contributed by atoms with E-state index in [4.69, 9.17) is 9.72 Å². The van der Waals surface area contributed by atoms with Gasteiger partial charge in [0.15, 0.2) is 11.2 Å². The number of aryl methyl sites for hydroxylation is 1. The molecular weight excluding hydrogens is 444 g/mol. The van der Waals surface area contributed by atoms with Crippen LogP contribution in [0.1, 0.15) is 11.1 Å². The molecule has 1 aliphatic heterocycles. The average Bonchev–Trinajstić information content (AvgIpc) is 3.26. The van der Waals surface area contributed by atoms with Crippen LogP contribution in [0.4, 0.5) is 5.95 Å². The Morgan fingerprint density at radius 2 is 1.74 bits per heavy atom. The lowest BCUT2D eigenvalue weighted by atomic mass is 10.0. The van der Waals surface area contributed by atoms with Gasteiger partial charge in [-0.05, 0) is 29.7 Å². The molecule has 1 unspecified atom stereocenters. The van der Waals surface area contributed by atoms with Crippen LogP contribution in [-0.2, 0) is 27.1 Å². The second-order valence-corrected chi connectivity index (χ2v) is 9.01. The molecule has 1 N–H and O–H groups in total. The van der Waals surface area contributed by atoms with Gasteiger partial charge in [-0.2, -0.15) is 4.98 Å². The summed E-state index contributed by atoms with van der Waals surface area (Å²) in [6, 6.07) is 18.4. The van der Waals surface area contributed by atoms with Gasteiger partial charge in [0.25, 0.3) is 5.56 Å². The molecule has 2 aromatic heterocycles. The van der Waals surface area contributed by atoms with E-state index in [0.717, 1.165) is 41.9 Å². The van der Waals surface area contributed by atoms with Gasteiger partial charge >= 0.3 is 5.69 Å². The van der Waals surface area contributed by atoms with Crippen molar-refractivity contribution in [1.82, 2.24) is 24.0 Å². The molecule has 0 aliphatic carbocycles. The Morgan fingerprint density at radius 3 is 2.46 bits per heavy atom. The summed E-state index contributed by atoms with van der Waals surface area (Å²) in [7, 11) is 4.84. The Morgan fingerprint density at radius 1 is 1.00 bits per heavy atom. The van der Waals surface area contributed by atoms with Crippen LogP contribution >= 0.6 is 0 Å². The molecule has 9 nitrogen and oxygen atoms in total. The fraction of sp³-hybridized carbons (Fsp3) is 0.346. The maximum Gasteiger partial charge on any atom is 0.332 e. The highest BCUT2D eigenvalue weighted by Gasteiger charge is 2.27. The van der Waals surface area contributed by atoms with E-state index in [1.165, 1.54) is 17.2 Å². The van der Waals surface area contributed by atoms with Crippen LogP contribution in [0.2, 0.25) is 0 Å². The Balaban J connectivity index is 1.53. The zero-order valence-electron chi connectivity index (χ0n) is 20.3. The van der Waals surface area contributed by atoms with Crippen molar-refractivity contribution in [3.63, 3.8) is 0 Å². The fourth-order valence-electron chi connectivity index (χ4n) is 4.78. The van der Waals surface area contributed by atoms with E-state index in [2.05, 4.69) is 22.3 Å². The predicted octanol–water partition coefficient (Wildman–Crippen LogP) is 1.51. The van der Waals surface area contributed by atoms with Crippen molar-refractivity contribution >= 4 is 17.1 Å². The highest BCUT2D eigenvalue weighted by atomic mass is 16.5. The van der Waals surface area contributed by atoms with Crippen LogP contribution in [0.25, 0.3) is 11.2 Å². The first-order chi connectivity index (χ1) is 17.0. The predicted molar refractivity (Wildman–Crippen MR) is 136 cm³/mol.